The molecule has 25 heteroatoms. The van der Waals surface area contributed by atoms with E-state index in [1.807, 2.05) is 163 Å². The fourth-order valence-electron chi connectivity index (χ4n) is 10.9. The Hall–Kier alpha value is -7.47. The van der Waals surface area contributed by atoms with Crippen molar-refractivity contribution in [3.63, 3.8) is 0 Å². The van der Waals surface area contributed by atoms with E-state index in [0.717, 1.165) is 90.3 Å². The monoisotopic (exact) mass is 2530 g/mol. The van der Waals surface area contributed by atoms with Crippen LogP contribution in [0.4, 0.5) is 0 Å². The van der Waals surface area contributed by atoms with E-state index in [2.05, 4.69) is 154 Å². The van der Waals surface area contributed by atoms with Gasteiger partial charge in [0.1, 0.15) is 31.6 Å². The van der Waals surface area contributed by atoms with E-state index in [1.165, 1.54) is 38.2 Å². The van der Waals surface area contributed by atoms with Crippen LogP contribution in [0.2, 0.25) is 0 Å². The molecular weight excluding hydrogens is 2410 g/mol. The Balaban J connectivity index is 0. The standard InChI is InChI=1S/C17H13N2.2C15H11N2.2C12H11N2.5C5H12O2.5Ir/c1-13-11-17(19-12-18-13)16-9-7-15(8-10-16)14-5-3-2-4-6-14;1-11-9-15(17-10-16-11)14-8-4-6-12-5-2-3-7-13(12)14;1-11-8-15(17-10-16-11)14-7-6-12-4-2-3-5-13(12)9-14;1-9-3-5-11(6-4-9)12-7-10(2)13-8-14-12;1-9-4-3-5-11(6-9)12-7-10(2)13-8-14-12;5*1-4(6)3-5(2)7;;;;;/h2-9,11-12H,1H3;2-7,9-10H,1H3;2-6,8-10H,1H3;3-5,7-8H,1-2H3;3-4,6-8H,1-2H3;5*4-7H,3H2,1-2H3;;;;;/q5*-1;;;;;;;;;;. The fourth-order valence-corrected chi connectivity index (χ4v) is 10.9. The summed E-state index contributed by atoms with van der Waals surface area (Å²) in [6, 6.07) is 79.1. The minimum Gasteiger partial charge on any atom is -0.393 e. The van der Waals surface area contributed by atoms with Gasteiger partial charge in [0.05, 0.1) is 61.0 Å². The van der Waals surface area contributed by atoms with E-state index in [1.54, 1.807) is 101 Å². The molecule has 0 saturated carbocycles. The van der Waals surface area contributed by atoms with Crippen LogP contribution in [0, 0.1) is 78.8 Å². The summed E-state index contributed by atoms with van der Waals surface area (Å²) in [5.74, 6) is 0. The number of hydrogen-bond donors (Lipinski definition) is 10. The quantitative estimate of drug-likeness (QED) is 0.0402. The van der Waals surface area contributed by atoms with E-state index < -0.39 is 0 Å². The number of rotatable bonds is 16. The summed E-state index contributed by atoms with van der Waals surface area (Å²) in [5, 5.41) is 90.4. The second-order valence-electron chi connectivity index (χ2n) is 28.7. The van der Waals surface area contributed by atoms with Crippen LogP contribution in [-0.2, 0) is 101 Å². The molecule has 0 amide bonds. The molecule has 13 rings (SSSR count). The van der Waals surface area contributed by atoms with Gasteiger partial charge in [0.25, 0.3) is 0 Å². The van der Waals surface area contributed by atoms with Gasteiger partial charge < -0.3 is 51.1 Å². The third kappa shape index (κ3) is 50.2. The van der Waals surface area contributed by atoms with E-state index in [9.17, 15) is 0 Å². The molecule has 5 aromatic heterocycles. The molecule has 661 valence electrons. The molecule has 13 aromatic rings. The topological polar surface area (TPSA) is 331 Å². The van der Waals surface area contributed by atoms with E-state index in [-0.39, 0.29) is 162 Å². The minimum absolute atomic E-state index is 0. The molecule has 0 aliphatic heterocycles. The zero-order valence-corrected chi connectivity index (χ0v) is 83.7. The number of aliphatic hydroxyl groups is 10. The fraction of sp³-hybridized carbons (Fsp3) is 0.333. The van der Waals surface area contributed by atoms with Gasteiger partial charge in [-0.15, -0.1) is 159 Å². The number of nitrogens with zero attached hydrogens (tertiary/aromatic N) is 10. The first-order valence-electron chi connectivity index (χ1n) is 38.7. The number of aromatic nitrogens is 10. The van der Waals surface area contributed by atoms with Crippen LogP contribution in [0.25, 0.3) is 89.0 Å². The SMILES string of the molecule is CC(O)CC(C)O.CC(O)CC(C)O.CC(O)CC(C)O.CC(O)CC(C)O.CC(O)CC(C)O.Cc1c[c-]c(-c2cc(C)ncn2)cc1.Cc1cc(-c2[c-]cc(-c3ccccc3)cc2)ncn1.Cc1cc(-c2[c-]cc3ccccc3c2)ncn1.Cc1cc(-c2[c-]ccc3ccccc23)ncn1.Cc1cc[c-]c(-c2cc(C)ncn2)c1.[Ir].[Ir].[Ir].[Ir].[Ir]. The Morgan fingerprint density at radius 3 is 0.926 bits per heavy atom. The minimum atomic E-state index is -0.375. The average molecular weight is 2530 g/mol. The predicted molar refractivity (Wildman–Crippen MR) is 465 cm³/mol. The summed E-state index contributed by atoms with van der Waals surface area (Å²) in [6.07, 6.45) is 6.55. The van der Waals surface area contributed by atoms with E-state index >= 15 is 0 Å². The van der Waals surface area contributed by atoms with Gasteiger partial charge in [-0.2, -0.15) is 0 Å². The Morgan fingerprint density at radius 1 is 0.248 bits per heavy atom. The first-order chi connectivity index (χ1) is 55.1. The summed E-state index contributed by atoms with van der Waals surface area (Å²) in [4.78, 5) is 41.7. The van der Waals surface area contributed by atoms with Crippen molar-refractivity contribution >= 4 is 21.5 Å². The van der Waals surface area contributed by atoms with Gasteiger partial charge in [0.15, 0.2) is 0 Å². The van der Waals surface area contributed by atoms with Crippen molar-refractivity contribution in [2.45, 2.75) is 211 Å². The Bertz CT molecular complexity index is 4720. The average Bonchev–Trinajstić information content (AvgIpc) is 0.793. The third-order valence-electron chi connectivity index (χ3n) is 16.0. The van der Waals surface area contributed by atoms with Gasteiger partial charge in [0.2, 0.25) is 0 Å². The molecular formula is C96H117Ir5N10O10-5. The maximum atomic E-state index is 8.56. The largest absolute Gasteiger partial charge is 0.393 e. The van der Waals surface area contributed by atoms with Gasteiger partial charge in [-0.25, -0.2) is 24.9 Å². The molecule has 0 aliphatic carbocycles. The predicted octanol–water partition coefficient (Wildman–Crippen LogP) is 16.5. The summed E-state index contributed by atoms with van der Waals surface area (Å²) in [5.41, 5.74) is 19.3. The summed E-state index contributed by atoms with van der Waals surface area (Å²) >= 11 is 0. The van der Waals surface area contributed by atoms with Crippen molar-refractivity contribution in [1.29, 1.82) is 0 Å². The molecule has 5 heterocycles. The molecule has 10 unspecified atom stereocenters. The first-order valence-corrected chi connectivity index (χ1v) is 38.7. The second kappa shape index (κ2) is 64.3. The van der Waals surface area contributed by atoms with E-state index in [0.29, 0.717) is 32.1 Å². The summed E-state index contributed by atoms with van der Waals surface area (Å²) in [7, 11) is 0. The maximum Gasteiger partial charge on any atom is 0.105 e. The van der Waals surface area contributed by atoms with Gasteiger partial charge in [-0.05, 0) is 164 Å². The van der Waals surface area contributed by atoms with Crippen LogP contribution in [0.1, 0.15) is 141 Å². The van der Waals surface area contributed by atoms with Crippen LogP contribution in [0.3, 0.4) is 0 Å². The van der Waals surface area contributed by atoms with Gasteiger partial charge >= 0.3 is 0 Å². The number of hydrogen-bond acceptors (Lipinski definition) is 20. The van der Waals surface area contributed by atoms with Crippen LogP contribution in [-0.4, -0.2) is 162 Å². The third-order valence-corrected chi connectivity index (χ3v) is 16.0. The van der Waals surface area contributed by atoms with Crippen molar-refractivity contribution < 1.29 is 152 Å². The van der Waals surface area contributed by atoms with Crippen molar-refractivity contribution in [3.05, 3.63) is 290 Å². The zero-order chi connectivity index (χ0) is 85.7. The Labute approximate surface area is 784 Å². The van der Waals surface area contributed by atoms with E-state index in [4.69, 9.17) is 51.1 Å². The molecule has 0 bridgehead atoms. The maximum absolute atomic E-state index is 8.56. The second-order valence-corrected chi connectivity index (χ2v) is 28.7. The van der Waals surface area contributed by atoms with Gasteiger partial charge in [-0.1, -0.05) is 145 Å². The molecule has 0 fully saturated rings. The number of aryl methyl sites for hydroxylation is 7. The van der Waals surface area contributed by atoms with Crippen molar-refractivity contribution in [3.8, 4) is 67.4 Å². The smallest absolute Gasteiger partial charge is 0.105 e. The molecule has 0 spiro atoms. The number of benzene rings is 8. The molecule has 5 radical (unpaired) electrons. The number of aliphatic hydroxyl groups excluding tert-OH is 10. The van der Waals surface area contributed by atoms with Crippen molar-refractivity contribution in [1.82, 2.24) is 49.8 Å². The first kappa shape index (κ1) is 116. The van der Waals surface area contributed by atoms with Crippen LogP contribution >= 0.6 is 0 Å². The zero-order valence-electron chi connectivity index (χ0n) is 71.7. The Kier molecular flexibility index (Phi) is 61.4. The summed E-state index contributed by atoms with van der Waals surface area (Å²) < 4.78 is 0. The molecule has 0 saturated heterocycles. The molecule has 8 aromatic carbocycles. The Morgan fingerprint density at radius 2 is 0.570 bits per heavy atom. The van der Waals surface area contributed by atoms with Crippen LogP contribution in [0.15, 0.2) is 220 Å². The van der Waals surface area contributed by atoms with Gasteiger partial charge in [-0.3, -0.25) is 24.9 Å². The van der Waals surface area contributed by atoms with Crippen molar-refractivity contribution in [2.75, 3.05) is 0 Å². The molecule has 10 atom stereocenters. The molecule has 20 nitrogen and oxygen atoms in total. The number of fused-ring (bicyclic) bond motifs is 2. The van der Waals surface area contributed by atoms with Crippen LogP contribution in [0.5, 0.6) is 0 Å². The normalized spacial score (nSPS) is 12.4. The van der Waals surface area contributed by atoms with Crippen LogP contribution < -0.4 is 0 Å². The molecule has 10 N–H and O–H groups in total. The van der Waals surface area contributed by atoms with Gasteiger partial charge in [0, 0.05) is 129 Å². The molecule has 0 aliphatic rings. The molecule has 121 heavy (non-hydrogen) atoms. The van der Waals surface area contributed by atoms with Crippen molar-refractivity contribution in [2.24, 2.45) is 0 Å². The summed E-state index contributed by atoms with van der Waals surface area (Å²) in [6.45, 7) is 30.5.